The van der Waals surface area contributed by atoms with Crippen molar-refractivity contribution < 1.29 is 30.6 Å². The molecule has 12 heteroatoms. The van der Waals surface area contributed by atoms with E-state index in [9.17, 15) is 26.4 Å². The molecular weight excluding hydrogens is 444 g/mol. The summed E-state index contributed by atoms with van der Waals surface area (Å²) in [4.78, 5) is 11.3. The SMILES string of the molecule is CN(N=C(c1ccc(Cl)cc1)c1ccc(OS(=O)(=O)C(F)(F)F)cc1)C(=O)Cl. The molecule has 0 N–H and O–H groups in total. The van der Waals surface area contributed by atoms with Gasteiger partial charge in [0.15, 0.2) is 0 Å². The molecule has 2 aromatic carbocycles. The van der Waals surface area contributed by atoms with Gasteiger partial charge < -0.3 is 4.18 Å². The molecule has 0 aliphatic rings. The Morgan fingerprint density at radius 3 is 1.93 bits per heavy atom. The van der Waals surface area contributed by atoms with Gasteiger partial charge in [0, 0.05) is 23.2 Å². The Bertz CT molecular complexity index is 992. The lowest BCUT2D eigenvalue weighted by Gasteiger charge is -2.13. The van der Waals surface area contributed by atoms with Gasteiger partial charge in [0.05, 0.1) is 5.71 Å². The summed E-state index contributed by atoms with van der Waals surface area (Å²) in [5.74, 6) is -0.543. The fourth-order valence-corrected chi connectivity index (χ4v) is 2.54. The van der Waals surface area contributed by atoms with E-state index in [0.29, 0.717) is 16.1 Å². The van der Waals surface area contributed by atoms with Gasteiger partial charge >= 0.3 is 21.0 Å². The Balaban J connectivity index is 2.42. The van der Waals surface area contributed by atoms with Crippen molar-refractivity contribution >= 4 is 44.4 Å². The van der Waals surface area contributed by atoms with Gasteiger partial charge in [0.1, 0.15) is 5.75 Å². The van der Waals surface area contributed by atoms with E-state index in [0.717, 1.165) is 17.1 Å². The van der Waals surface area contributed by atoms with Crippen LogP contribution in [-0.2, 0) is 10.1 Å². The van der Waals surface area contributed by atoms with Crippen LogP contribution in [-0.4, -0.2) is 37.1 Å². The van der Waals surface area contributed by atoms with Gasteiger partial charge in [0.25, 0.3) is 0 Å². The molecule has 28 heavy (non-hydrogen) atoms. The zero-order valence-corrected chi connectivity index (χ0v) is 16.3. The summed E-state index contributed by atoms with van der Waals surface area (Å²) in [5.41, 5.74) is -4.45. The lowest BCUT2D eigenvalue weighted by Crippen LogP contribution is -2.28. The van der Waals surface area contributed by atoms with Gasteiger partial charge in [0.2, 0.25) is 0 Å². The van der Waals surface area contributed by atoms with Crippen molar-refractivity contribution in [3.05, 3.63) is 64.7 Å². The third kappa shape index (κ3) is 5.37. The van der Waals surface area contributed by atoms with E-state index in [1.807, 2.05) is 0 Å². The first-order valence-electron chi connectivity index (χ1n) is 7.29. The van der Waals surface area contributed by atoms with Gasteiger partial charge in [-0.1, -0.05) is 23.7 Å². The number of hydrogen-bond donors (Lipinski definition) is 0. The zero-order chi connectivity index (χ0) is 21.1. The first-order chi connectivity index (χ1) is 12.9. The molecule has 0 atom stereocenters. The molecule has 0 heterocycles. The van der Waals surface area contributed by atoms with Crippen LogP contribution >= 0.6 is 23.2 Å². The zero-order valence-electron chi connectivity index (χ0n) is 13.9. The molecular formula is C16H11Cl2F3N2O4S. The van der Waals surface area contributed by atoms with Crippen LogP contribution in [0.15, 0.2) is 53.6 Å². The van der Waals surface area contributed by atoms with Gasteiger partial charge in [-0.25, -0.2) is 5.01 Å². The second kappa shape index (κ2) is 8.38. The summed E-state index contributed by atoms with van der Waals surface area (Å²) in [6.07, 6.45) is 0. The number of nitrogens with zero attached hydrogens (tertiary/aromatic N) is 2. The molecule has 0 aliphatic heterocycles. The Morgan fingerprint density at radius 2 is 1.50 bits per heavy atom. The molecule has 0 saturated heterocycles. The molecule has 2 aromatic rings. The highest BCUT2D eigenvalue weighted by molar-refractivity contribution is 7.88. The molecule has 6 nitrogen and oxygen atoms in total. The summed E-state index contributed by atoms with van der Waals surface area (Å²) in [6.45, 7) is 0. The molecule has 0 saturated carbocycles. The van der Waals surface area contributed by atoms with Crippen molar-refractivity contribution in [3.63, 3.8) is 0 Å². The summed E-state index contributed by atoms with van der Waals surface area (Å²) in [6, 6.07) is 10.9. The molecule has 0 unspecified atom stereocenters. The summed E-state index contributed by atoms with van der Waals surface area (Å²) in [7, 11) is -4.48. The third-order valence-electron chi connectivity index (χ3n) is 3.24. The van der Waals surface area contributed by atoms with Crippen LogP contribution in [0.2, 0.25) is 5.02 Å². The lowest BCUT2D eigenvalue weighted by atomic mass is 10.0. The van der Waals surface area contributed by atoms with E-state index < -0.39 is 26.7 Å². The van der Waals surface area contributed by atoms with E-state index in [4.69, 9.17) is 23.2 Å². The Hall–Kier alpha value is -2.30. The van der Waals surface area contributed by atoms with Crippen molar-refractivity contribution in [2.75, 3.05) is 7.05 Å². The minimum Gasteiger partial charge on any atom is -0.376 e. The van der Waals surface area contributed by atoms with Crippen molar-refractivity contribution in [1.82, 2.24) is 5.01 Å². The number of halogens is 5. The smallest absolute Gasteiger partial charge is 0.376 e. The van der Waals surface area contributed by atoms with E-state index in [-0.39, 0.29) is 5.71 Å². The maximum absolute atomic E-state index is 12.4. The highest BCUT2D eigenvalue weighted by atomic mass is 35.5. The second-order valence-electron chi connectivity index (χ2n) is 5.24. The van der Waals surface area contributed by atoms with Crippen molar-refractivity contribution in [1.29, 1.82) is 0 Å². The molecule has 0 aliphatic carbocycles. The lowest BCUT2D eigenvalue weighted by molar-refractivity contribution is -0.0500. The topological polar surface area (TPSA) is 76.0 Å². The molecule has 1 amide bonds. The number of amides is 1. The Kier molecular flexibility index (Phi) is 6.58. The van der Waals surface area contributed by atoms with Gasteiger partial charge in [-0.2, -0.15) is 26.7 Å². The van der Waals surface area contributed by atoms with Crippen LogP contribution in [0.5, 0.6) is 5.75 Å². The number of rotatable bonds is 5. The van der Waals surface area contributed by atoms with E-state index in [1.165, 1.54) is 19.2 Å². The number of carbonyl (C=O) groups is 1. The monoisotopic (exact) mass is 454 g/mol. The molecule has 0 fully saturated rings. The number of benzene rings is 2. The fourth-order valence-electron chi connectivity index (χ4n) is 1.92. The van der Waals surface area contributed by atoms with Crippen LogP contribution in [0.4, 0.5) is 18.0 Å². The van der Waals surface area contributed by atoms with E-state index in [2.05, 4.69) is 9.28 Å². The summed E-state index contributed by atoms with van der Waals surface area (Å²) >= 11 is 11.2. The molecule has 0 aromatic heterocycles. The average molecular weight is 455 g/mol. The molecule has 0 bridgehead atoms. The van der Waals surface area contributed by atoms with Gasteiger partial charge in [-0.3, -0.25) is 4.79 Å². The van der Waals surface area contributed by atoms with Gasteiger partial charge in [-0.05, 0) is 48.0 Å². The van der Waals surface area contributed by atoms with Crippen molar-refractivity contribution in [3.8, 4) is 5.75 Å². The number of hydrogen-bond acceptors (Lipinski definition) is 5. The van der Waals surface area contributed by atoms with Gasteiger partial charge in [-0.15, -0.1) is 0 Å². The van der Waals surface area contributed by atoms with Crippen LogP contribution in [0.3, 0.4) is 0 Å². The number of hydrazone groups is 1. The standard InChI is InChI=1S/C16H11Cl2F3N2O4S/c1-23(15(18)24)22-14(10-2-6-12(17)7-3-10)11-4-8-13(9-5-11)27-28(25,26)16(19,20)21/h2-9H,1H3. The van der Waals surface area contributed by atoms with E-state index in [1.54, 1.807) is 24.3 Å². The maximum Gasteiger partial charge on any atom is 0.534 e. The first kappa shape index (κ1) is 22.0. The highest BCUT2D eigenvalue weighted by Crippen LogP contribution is 2.27. The Labute approximate surface area is 168 Å². The van der Waals surface area contributed by atoms with Crippen molar-refractivity contribution in [2.24, 2.45) is 5.10 Å². The normalized spacial score (nSPS) is 12.6. The third-order valence-corrected chi connectivity index (χ3v) is 4.71. The largest absolute Gasteiger partial charge is 0.534 e. The molecule has 0 radical (unpaired) electrons. The quantitative estimate of drug-likeness (QED) is 0.165. The van der Waals surface area contributed by atoms with Crippen LogP contribution in [0.1, 0.15) is 11.1 Å². The van der Waals surface area contributed by atoms with E-state index >= 15 is 0 Å². The second-order valence-corrected chi connectivity index (χ2v) is 7.54. The average Bonchev–Trinajstić information content (AvgIpc) is 2.60. The molecule has 150 valence electrons. The van der Waals surface area contributed by atoms with Crippen LogP contribution < -0.4 is 4.18 Å². The molecule has 0 spiro atoms. The number of alkyl halides is 3. The van der Waals surface area contributed by atoms with Crippen molar-refractivity contribution in [2.45, 2.75) is 5.51 Å². The van der Waals surface area contributed by atoms with Crippen LogP contribution in [0, 0.1) is 0 Å². The minimum absolute atomic E-state index is 0.235. The number of carbonyl (C=O) groups excluding carboxylic acids is 1. The maximum atomic E-state index is 12.4. The summed E-state index contributed by atoms with van der Waals surface area (Å²) < 4.78 is 63.4. The predicted octanol–water partition coefficient (Wildman–Crippen LogP) is 4.61. The summed E-state index contributed by atoms with van der Waals surface area (Å²) in [5, 5.41) is 4.50. The minimum atomic E-state index is -5.79. The van der Waals surface area contributed by atoms with Crippen LogP contribution in [0.25, 0.3) is 0 Å². The fraction of sp³-hybridized carbons (Fsp3) is 0.125. The molecule has 2 rings (SSSR count). The first-order valence-corrected chi connectivity index (χ1v) is 9.46. The highest BCUT2D eigenvalue weighted by Gasteiger charge is 2.48. The Morgan fingerprint density at radius 1 is 1.04 bits per heavy atom. The predicted molar refractivity (Wildman–Crippen MR) is 98.1 cm³/mol.